The second-order valence-electron chi connectivity index (χ2n) is 5.98. The Bertz CT molecular complexity index is 950. The summed E-state index contributed by atoms with van der Waals surface area (Å²) in [6.45, 7) is 4.09. The number of nitrogens with zero attached hydrogens (tertiary/aromatic N) is 1. The summed E-state index contributed by atoms with van der Waals surface area (Å²) in [5, 5.41) is 23.3. The number of carbonyl (C=O) groups is 1. The molecule has 1 amide bonds. The van der Waals surface area contributed by atoms with E-state index >= 15 is 0 Å². The highest BCUT2D eigenvalue weighted by atomic mass is 16.4. The Hall–Kier alpha value is -2.94. The van der Waals surface area contributed by atoms with E-state index in [2.05, 4.69) is 10.3 Å². The number of hydrogen-bond acceptors (Lipinski definition) is 6. The third-order valence-corrected chi connectivity index (χ3v) is 4.25. The van der Waals surface area contributed by atoms with Gasteiger partial charge in [0.1, 0.15) is 0 Å². The molecule has 3 rings (SSSR count). The quantitative estimate of drug-likeness (QED) is 0.334. The van der Waals surface area contributed by atoms with Crippen molar-refractivity contribution in [2.75, 3.05) is 17.6 Å². The first-order chi connectivity index (χ1) is 13.5. The summed E-state index contributed by atoms with van der Waals surface area (Å²) in [5.74, 6) is -0.882. The van der Waals surface area contributed by atoms with E-state index in [4.69, 9.17) is 11.5 Å². The van der Waals surface area contributed by atoms with Crippen LogP contribution in [0.5, 0.6) is 0 Å². The number of nitrogen functional groups attached to an aromatic ring is 1. The molecule has 1 heterocycles. The van der Waals surface area contributed by atoms with Gasteiger partial charge in [-0.1, -0.05) is 32.0 Å². The SMILES string of the molecule is CC.NCC(C(=O)Nc1ccc2cnccc2c1)c1ccc(B(O)O)c(N)c1. The van der Waals surface area contributed by atoms with Crippen molar-refractivity contribution in [1.82, 2.24) is 4.98 Å². The molecule has 0 aliphatic rings. The summed E-state index contributed by atoms with van der Waals surface area (Å²) in [6.07, 6.45) is 3.44. The maximum absolute atomic E-state index is 12.7. The molecule has 0 radical (unpaired) electrons. The van der Waals surface area contributed by atoms with Crippen molar-refractivity contribution in [1.29, 1.82) is 0 Å². The lowest BCUT2D eigenvalue weighted by molar-refractivity contribution is -0.117. The van der Waals surface area contributed by atoms with Crippen LogP contribution in [0.3, 0.4) is 0 Å². The summed E-state index contributed by atoms with van der Waals surface area (Å²) in [5.41, 5.74) is 13.3. The van der Waals surface area contributed by atoms with Crippen molar-refractivity contribution < 1.29 is 14.8 Å². The smallest absolute Gasteiger partial charge is 0.423 e. The normalized spacial score (nSPS) is 11.3. The number of aromatic nitrogens is 1. The molecule has 0 saturated heterocycles. The van der Waals surface area contributed by atoms with Crippen molar-refractivity contribution in [3.8, 4) is 0 Å². The second kappa shape index (κ2) is 9.84. The van der Waals surface area contributed by atoms with E-state index in [9.17, 15) is 14.8 Å². The Balaban J connectivity index is 0.00000136. The zero-order valence-corrected chi connectivity index (χ0v) is 16.0. The van der Waals surface area contributed by atoms with Gasteiger partial charge in [-0.2, -0.15) is 0 Å². The number of hydrogen-bond donors (Lipinski definition) is 5. The fraction of sp³-hybridized carbons (Fsp3) is 0.200. The van der Waals surface area contributed by atoms with Crippen molar-refractivity contribution in [2.24, 2.45) is 5.73 Å². The van der Waals surface area contributed by atoms with Gasteiger partial charge in [0.05, 0.1) is 5.92 Å². The summed E-state index contributed by atoms with van der Waals surface area (Å²) in [7, 11) is -1.67. The number of benzene rings is 2. The van der Waals surface area contributed by atoms with Crippen LogP contribution >= 0.6 is 0 Å². The zero-order valence-electron chi connectivity index (χ0n) is 16.0. The molecule has 2 aromatic carbocycles. The Kier molecular flexibility index (Phi) is 7.51. The average molecular weight is 380 g/mol. The first kappa shape index (κ1) is 21.4. The number of nitrogens with one attached hydrogen (secondary N) is 1. The van der Waals surface area contributed by atoms with Crippen molar-refractivity contribution in [3.05, 3.63) is 60.4 Å². The predicted octanol–water partition coefficient (Wildman–Crippen LogP) is 1.20. The summed E-state index contributed by atoms with van der Waals surface area (Å²) >= 11 is 0. The molecule has 3 aromatic rings. The minimum absolute atomic E-state index is 0.0871. The zero-order chi connectivity index (χ0) is 20.7. The maximum Gasteiger partial charge on any atom is 0.490 e. The van der Waals surface area contributed by atoms with Gasteiger partial charge in [0.25, 0.3) is 0 Å². The van der Waals surface area contributed by atoms with Gasteiger partial charge in [-0.15, -0.1) is 0 Å². The molecule has 8 heteroatoms. The van der Waals surface area contributed by atoms with E-state index in [0.29, 0.717) is 11.3 Å². The average Bonchev–Trinajstić information content (AvgIpc) is 2.70. The number of pyridine rings is 1. The van der Waals surface area contributed by atoms with Gasteiger partial charge in [-0.05, 0) is 35.2 Å². The van der Waals surface area contributed by atoms with Gasteiger partial charge < -0.3 is 26.8 Å². The molecule has 0 aliphatic heterocycles. The maximum atomic E-state index is 12.7. The number of carbonyl (C=O) groups excluding carboxylic acids is 1. The largest absolute Gasteiger partial charge is 0.490 e. The van der Waals surface area contributed by atoms with Gasteiger partial charge in [-0.25, -0.2) is 0 Å². The molecule has 7 nitrogen and oxygen atoms in total. The molecule has 0 spiro atoms. The molecule has 1 aromatic heterocycles. The summed E-state index contributed by atoms with van der Waals surface area (Å²) in [6, 6.07) is 12.0. The van der Waals surface area contributed by atoms with Gasteiger partial charge in [-0.3, -0.25) is 9.78 Å². The lowest BCUT2D eigenvalue weighted by Gasteiger charge is -2.17. The molecular weight excluding hydrogens is 355 g/mol. The van der Waals surface area contributed by atoms with E-state index in [-0.39, 0.29) is 23.6 Å². The molecule has 1 atom stereocenters. The molecular formula is C20H25BN4O3. The van der Waals surface area contributed by atoms with E-state index < -0.39 is 13.0 Å². The second-order valence-corrected chi connectivity index (χ2v) is 5.98. The summed E-state index contributed by atoms with van der Waals surface area (Å²) < 4.78 is 0. The molecule has 7 N–H and O–H groups in total. The molecule has 0 fully saturated rings. The lowest BCUT2D eigenvalue weighted by Crippen LogP contribution is -2.33. The predicted molar refractivity (Wildman–Crippen MR) is 114 cm³/mol. The van der Waals surface area contributed by atoms with Crippen molar-refractivity contribution in [3.63, 3.8) is 0 Å². The van der Waals surface area contributed by atoms with Gasteiger partial charge in [0.2, 0.25) is 5.91 Å². The Morgan fingerprint density at radius 1 is 1.14 bits per heavy atom. The fourth-order valence-electron chi connectivity index (χ4n) is 2.83. The van der Waals surface area contributed by atoms with Gasteiger partial charge >= 0.3 is 7.12 Å². The van der Waals surface area contributed by atoms with E-state index in [1.165, 1.54) is 12.1 Å². The highest BCUT2D eigenvalue weighted by Gasteiger charge is 2.22. The molecule has 146 valence electrons. The standard InChI is InChI=1S/C18H19BN4O3.C2H6/c20-9-15(12-2-4-16(19(25)26)17(21)8-12)18(24)23-14-3-1-13-10-22-6-5-11(13)7-14;1-2/h1-8,10,15,25-26H,9,20-21H2,(H,23,24);1-2H3. The van der Waals surface area contributed by atoms with Crippen LogP contribution in [0, 0.1) is 0 Å². The first-order valence-corrected chi connectivity index (χ1v) is 9.09. The molecule has 0 aliphatic carbocycles. The number of nitrogens with two attached hydrogens (primary N) is 2. The van der Waals surface area contributed by atoms with Gasteiger partial charge in [0.15, 0.2) is 0 Å². The lowest BCUT2D eigenvalue weighted by atomic mass is 9.78. The van der Waals surface area contributed by atoms with Crippen LogP contribution in [-0.2, 0) is 4.79 Å². The van der Waals surface area contributed by atoms with Crippen molar-refractivity contribution in [2.45, 2.75) is 19.8 Å². The Labute approximate surface area is 164 Å². The Morgan fingerprint density at radius 2 is 1.89 bits per heavy atom. The molecule has 0 bridgehead atoms. The van der Waals surface area contributed by atoms with Crippen LogP contribution in [-0.4, -0.2) is 34.6 Å². The highest BCUT2D eigenvalue weighted by Crippen LogP contribution is 2.22. The fourth-order valence-corrected chi connectivity index (χ4v) is 2.83. The first-order valence-electron chi connectivity index (χ1n) is 9.09. The topological polar surface area (TPSA) is 134 Å². The summed E-state index contributed by atoms with van der Waals surface area (Å²) in [4.78, 5) is 16.7. The highest BCUT2D eigenvalue weighted by molar-refractivity contribution is 6.60. The van der Waals surface area contributed by atoms with Crippen LogP contribution in [0.25, 0.3) is 10.8 Å². The van der Waals surface area contributed by atoms with Crippen LogP contribution in [0.1, 0.15) is 25.3 Å². The number of anilines is 2. The molecule has 0 saturated carbocycles. The third kappa shape index (κ3) is 4.86. The third-order valence-electron chi connectivity index (χ3n) is 4.25. The van der Waals surface area contributed by atoms with Crippen LogP contribution in [0.2, 0.25) is 0 Å². The Morgan fingerprint density at radius 3 is 2.54 bits per heavy atom. The van der Waals surface area contributed by atoms with Crippen LogP contribution in [0.4, 0.5) is 11.4 Å². The minimum atomic E-state index is -1.67. The number of amides is 1. The molecule has 28 heavy (non-hydrogen) atoms. The molecule has 1 unspecified atom stereocenters. The van der Waals surface area contributed by atoms with Gasteiger partial charge in [0, 0.05) is 41.2 Å². The minimum Gasteiger partial charge on any atom is -0.423 e. The van der Waals surface area contributed by atoms with E-state index in [1.54, 1.807) is 24.5 Å². The van der Waals surface area contributed by atoms with Crippen LogP contribution in [0.15, 0.2) is 54.9 Å². The van der Waals surface area contributed by atoms with E-state index in [0.717, 1.165) is 10.8 Å². The monoisotopic (exact) mass is 380 g/mol. The van der Waals surface area contributed by atoms with Crippen molar-refractivity contribution >= 4 is 40.6 Å². The number of rotatable bonds is 5. The van der Waals surface area contributed by atoms with E-state index in [1.807, 2.05) is 32.0 Å². The number of fused-ring (bicyclic) bond motifs is 1. The van der Waals surface area contributed by atoms with Crippen LogP contribution < -0.4 is 22.2 Å².